The molecule has 0 saturated heterocycles. The van der Waals surface area contributed by atoms with E-state index in [-0.39, 0.29) is 34.5 Å². The number of halogens is 5. The molecule has 0 amide bonds. The quantitative estimate of drug-likeness (QED) is 0.420. The zero-order valence-corrected chi connectivity index (χ0v) is 16.8. The summed E-state index contributed by atoms with van der Waals surface area (Å²) in [7, 11) is 0. The van der Waals surface area contributed by atoms with Crippen LogP contribution in [0.1, 0.15) is 17.5 Å². The van der Waals surface area contributed by atoms with Crippen LogP contribution >= 0.6 is 23.2 Å². The molecule has 0 bridgehead atoms. The van der Waals surface area contributed by atoms with Crippen molar-refractivity contribution in [2.45, 2.75) is 19.0 Å². The number of hydrogen-bond acceptors (Lipinski definition) is 5. The molecule has 160 valence electrons. The fraction of sp³-hybridized carbons (Fsp3) is 0.158. The third-order valence-corrected chi connectivity index (χ3v) is 4.97. The Balaban J connectivity index is 1.65. The van der Waals surface area contributed by atoms with Crippen molar-refractivity contribution in [2.24, 2.45) is 0 Å². The molecule has 3 aromatic heterocycles. The highest BCUT2D eigenvalue weighted by Crippen LogP contribution is 2.34. The van der Waals surface area contributed by atoms with E-state index in [9.17, 15) is 18.0 Å². The van der Waals surface area contributed by atoms with Crippen molar-refractivity contribution in [3.63, 3.8) is 0 Å². The number of imidazole rings is 1. The zero-order chi connectivity index (χ0) is 22.3. The van der Waals surface area contributed by atoms with E-state index in [1.54, 1.807) is 18.2 Å². The van der Waals surface area contributed by atoms with Crippen molar-refractivity contribution >= 4 is 34.8 Å². The van der Waals surface area contributed by atoms with E-state index in [1.807, 2.05) is 0 Å². The summed E-state index contributed by atoms with van der Waals surface area (Å²) in [4.78, 5) is 19.1. The van der Waals surface area contributed by atoms with Gasteiger partial charge in [0.25, 0.3) is 5.89 Å². The van der Waals surface area contributed by atoms with Crippen molar-refractivity contribution in [2.75, 3.05) is 0 Å². The number of rotatable bonds is 5. The number of hydrogen-bond donors (Lipinski definition) is 1. The summed E-state index contributed by atoms with van der Waals surface area (Å²) in [5.41, 5.74) is 0.488. The molecule has 7 nitrogen and oxygen atoms in total. The molecule has 1 N–H and O–H groups in total. The molecule has 0 aliphatic carbocycles. The Labute approximate surface area is 182 Å². The van der Waals surface area contributed by atoms with E-state index >= 15 is 0 Å². The number of aliphatic carboxylic acids is 1. The summed E-state index contributed by atoms with van der Waals surface area (Å²) in [5, 5.41) is 12.7. The van der Waals surface area contributed by atoms with Crippen LogP contribution in [0.25, 0.3) is 28.6 Å². The SMILES string of the molecule is O=C(O)CCc1ccc(-c2noc(-c3cn4cc(C(F)(F)F)cc(Cl)c4n3)n2)c(Cl)c1. The number of alkyl halides is 3. The van der Waals surface area contributed by atoms with Gasteiger partial charge in [-0.25, -0.2) is 4.98 Å². The van der Waals surface area contributed by atoms with Crippen molar-refractivity contribution in [3.05, 3.63) is 57.8 Å². The van der Waals surface area contributed by atoms with Crippen LogP contribution < -0.4 is 0 Å². The minimum Gasteiger partial charge on any atom is -0.481 e. The summed E-state index contributed by atoms with van der Waals surface area (Å²) in [6.07, 6.45) is -2.12. The van der Waals surface area contributed by atoms with E-state index in [4.69, 9.17) is 32.8 Å². The molecule has 0 atom stereocenters. The van der Waals surface area contributed by atoms with Crippen LogP contribution in [0.3, 0.4) is 0 Å². The normalized spacial score (nSPS) is 11.9. The second kappa shape index (κ2) is 7.86. The predicted molar refractivity (Wildman–Crippen MR) is 105 cm³/mol. The fourth-order valence-corrected chi connectivity index (χ4v) is 3.44. The first kappa shape index (κ1) is 21.1. The Hall–Kier alpha value is -3.11. The van der Waals surface area contributed by atoms with Gasteiger partial charge >= 0.3 is 12.1 Å². The highest BCUT2D eigenvalue weighted by Gasteiger charge is 2.32. The van der Waals surface area contributed by atoms with Crippen molar-refractivity contribution in [3.8, 4) is 23.0 Å². The van der Waals surface area contributed by atoms with Gasteiger partial charge in [0, 0.05) is 24.4 Å². The van der Waals surface area contributed by atoms with Gasteiger partial charge in [-0.05, 0) is 30.2 Å². The van der Waals surface area contributed by atoms with E-state index in [1.165, 1.54) is 6.20 Å². The van der Waals surface area contributed by atoms with Crippen molar-refractivity contribution in [1.82, 2.24) is 19.5 Å². The van der Waals surface area contributed by atoms with Gasteiger partial charge in [0.1, 0.15) is 5.69 Å². The number of carboxylic acid groups (broad SMARTS) is 1. The van der Waals surface area contributed by atoms with Crippen LogP contribution in [0.15, 0.2) is 41.2 Å². The molecule has 0 aliphatic heterocycles. The number of carboxylic acids is 1. The summed E-state index contributed by atoms with van der Waals surface area (Å²) in [5.74, 6) is -0.809. The van der Waals surface area contributed by atoms with Crippen LogP contribution in [-0.4, -0.2) is 30.6 Å². The second-order valence-electron chi connectivity index (χ2n) is 6.56. The van der Waals surface area contributed by atoms with E-state index < -0.39 is 17.7 Å². The number of aryl methyl sites for hydroxylation is 1. The molecule has 0 unspecified atom stereocenters. The van der Waals surface area contributed by atoms with Gasteiger partial charge in [-0.15, -0.1) is 0 Å². The standard InChI is InChI=1S/C19H11Cl2F3N4O3/c20-12-5-9(2-4-15(29)30)1-3-11(12)16-26-18(31-27-16)14-8-28-7-10(19(22,23)24)6-13(21)17(28)25-14/h1,3,5-8H,2,4H2,(H,29,30). The molecule has 3 heterocycles. The lowest BCUT2D eigenvalue weighted by Gasteiger charge is -2.07. The van der Waals surface area contributed by atoms with Gasteiger partial charge in [-0.1, -0.05) is 34.4 Å². The number of pyridine rings is 1. The van der Waals surface area contributed by atoms with Crippen molar-refractivity contribution in [1.29, 1.82) is 0 Å². The first-order valence-corrected chi connectivity index (χ1v) is 9.47. The fourth-order valence-electron chi connectivity index (χ4n) is 2.90. The summed E-state index contributed by atoms with van der Waals surface area (Å²) in [6, 6.07) is 5.73. The van der Waals surface area contributed by atoms with Crippen LogP contribution in [-0.2, 0) is 17.4 Å². The minimum absolute atomic E-state index is 0.0330. The minimum atomic E-state index is -4.56. The Kier molecular flexibility index (Phi) is 5.36. The van der Waals surface area contributed by atoms with E-state index in [0.29, 0.717) is 17.0 Å². The summed E-state index contributed by atoms with van der Waals surface area (Å²) < 4.78 is 45.3. The molecule has 4 aromatic rings. The van der Waals surface area contributed by atoms with Gasteiger partial charge in [0.05, 0.1) is 15.6 Å². The van der Waals surface area contributed by atoms with Crippen molar-refractivity contribution < 1.29 is 27.6 Å². The maximum Gasteiger partial charge on any atom is 0.417 e. The average molecular weight is 471 g/mol. The van der Waals surface area contributed by atoms with Crippen LogP contribution in [0.2, 0.25) is 10.0 Å². The topological polar surface area (TPSA) is 93.5 Å². The Bertz CT molecular complexity index is 1300. The van der Waals surface area contributed by atoms with Crippen LogP contribution in [0, 0.1) is 0 Å². The lowest BCUT2D eigenvalue weighted by Crippen LogP contribution is -2.06. The molecule has 0 saturated carbocycles. The Morgan fingerprint density at radius 1 is 1.13 bits per heavy atom. The highest BCUT2D eigenvalue weighted by molar-refractivity contribution is 6.33. The third-order valence-electron chi connectivity index (χ3n) is 4.38. The van der Waals surface area contributed by atoms with Gasteiger partial charge in [-0.2, -0.15) is 18.2 Å². The van der Waals surface area contributed by atoms with E-state index in [2.05, 4.69) is 15.1 Å². The Morgan fingerprint density at radius 2 is 1.90 bits per heavy atom. The zero-order valence-electron chi connectivity index (χ0n) is 15.3. The van der Waals surface area contributed by atoms with Crippen LogP contribution in [0.4, 0.5) is 13.2 Å². The predicted octanol–water partition coefficient (Wildman–Crippen LogP) is 5.39. The number of aromatic nitrogens is 4. The van der Waals surface area contributed by atoms with Gasteiger partial charge in [-0.3, -0.25) is 4.79 Å². The summed E-state index contributed by atoms with van der Waals surface area (Å²) in [6.45, 7) is 0. The molecular weight excluding hydrogens is 460 g/mol. The molecule has 1 aromatic carbocycles. The second-order valence-corrected chi connectivity index (χ2v) is 7.38. The maximum absolute atomic E-state index is 13.0. The van der Waals surface area contributed by atoms with Gasteiger partial charge in [0.2, 0.25) is 5.82 Å². The van der Waals surface area contributed by atoms with Crippen LogP contribution in [0.5, 0.6) is 0 Å². The summed E-state index contributed by atoms with van der Waals surface area (Å²) >= 11 is 12.2. The first-order valence-electron chi connectivity index (χ1n) is 8.72. The number of carbonyl (C=O) groups is 1. The monoisotopic (exact) mass is 470 g/mol. The Morgan fingerprint density at radius 3 is 2.58 bits per heavy atom. The third kappa shape index (κ3) is 4.35. The first-order chi connectivity index (χ1) is 14.6. The molecule has 0 spiro atoms. The largest absolute Gasteiger partial charge is 0.481 e. The van der Waals surface area contributed by atoms with Gasteiger partial charge in [0.15, 0.2) is 5.65 Å². The molecule has 0 aliphatic rings. The molecule has 4 rings (SSSR count). The lowest BCUT2D eigenvalue weighted by molar-refractivity contribution is -0.138. The average Bonchev–Trinajstić information content (AvgIpc) is 3.32. The number of benzene rings is 1. The molecular formula is C19H11Cl2F3N4O3. The number of nitrogens with zero attached hydrogens (tertiary/aromatic N) is 4. The highest BCUT2D eigenvalue weighted by atomic mass is 35.5. The van der Waals surface area contributed by atoms with E-state index in [0.717, 1.165) is 22.2 Å². The maximum atomic E-state index is 13.0. The molecule has 12 heteroatoms. The number of fused-ring (bicyclic) bond motifs is 1. The molecule has 0 radical (unpaired) electrons. The molecule has 31 heavy (non-hydrogen) atoms. The lowest BCUT2D eigenvalue weighted by atomic mass is 10.1. The smallest absolute Gasteiger partial charge is 0.417 e. The van der Waals surface area contributed by atoms with Gasteiger partial charge < -0.3 is 14.0 Å². The molecule has 0 fully saturated rings.